The Morgan fingerprint density at radius 2 is 1.48 bits per heavy atom. The highest BCUT2D eigenvalue weighted by Crippen LogP contribution is 2.31. The van der Waals surface area contributed by atoms with Crippen molar-refractivity contribution in [2.75, 3.05) is 10.6 Å². The van der Waals surface area contributed by atoms with Crippen LogP contribution in [0.1, 0.15) is 36.5 Å². The molecule has 3 aromatic rings. The van der Waals surface area contributed by atoms with E-state index in [0.29, 0.717) is 5.11 Å². The number of hydrogen-bond acceptors (Lipinski definition) is 2. The van der Waals surface area contributed by atoms with Crippen molar-refractivity contribution in [2.45, 2.75) is 49.8 Å². The van der Waals surface area contributed by atoms with Gasteiger partial charge in [0.15, 0.2) is 5.11 Å². The van der Waals surface area contributed by atoms with Gasteiger partial charge in [-0.15, -0.1) is 0 Å². The molecule has 0 aliphatic heterocycles. The zero-order valence-corrected chi connectivity index (χ0v) is 18.9. The van der Waals surface area contributed by atoms with Crippen LogP contribution in [0.2, 0.25) is 0 Å². The number of thiocarbonyl (C=S) groups is 1. The van der Waals surface area contributed by atoms with E-state index in [-0.39, 0.29) is 0 Å². The molecule has 0 unspecified atom stereocenters. The lowest BCUT2D eigenvalue weighted by Gasteiger charge is -2.12. The smallest absolute Gasteiger partial charge is 0.175 e. The van der Waals surface area contributed by atoms with E-state index in [0.717, 1.165) is 17.8 Å². The van der Waals surface area contributed by atoms with E-state index in [1.165, 1.54) is 39.3 Å². The van der Waals surface area contributed by atoms with Crippen LogP contribution in [0.5, 0.6) is 0 Å². The molecule has 0 amide bonds. The predicted molar refractivity (Wildman–Crippen MR) is 131 cm³/mol. The van der Waals surface area contributed by atoms with Crippen LogP contribution in [-0.2, 0) is 6.42 Å². The van der Waals surface area contributed by atoms with Gasteiger partial charge in [-0.05, 0) is 98.1 Å². The van der Waals surface area contributed by atoms with Crippen LogP contribution in [0.4, 0.5) is 11.4 Å². The number of hydrogen-bond donors (Lipinski definition) is 2. The zero-order chi connectivity index (χ0) is 20.6. The van der Waals surface area contributed by atoms with Crippen LogP contribution < -0.4 is 10.6 Å². The van der Waals surface area contributed by atoms with Gasteiger partial charge in [0.25, 0.3) is 0 Å². The van der Waals surface area contributed by atoms with Crippen molar-refractivity contribution >= 4 is 40.5 Å². The summed E-state index contributed by atoms with van der Waals surface area (Å²) in [6, 6.07) is 23.4. The summed E-state index contributed by atoms with van der Waals surface area (Å²) in [5, 5.41) is 7.12. The highest BCUT2D eigenvalue weighted by atomic mass is 32.2. The van der Waals surface area contributed by atoms with Crippen molar-refractivity contribution < 1.29 is 0 Å². The lowest BCUT2D eigenvalue weighted by atomic mass is 10.1. The first-order valence-corrected chi connectivity index (χ1v) is 11.3. The average molecular weight is 421 g/mol. The topological polar surface area (TPSA) is 24.1 Å². The summed E-state index contributed by atoms with van der Waals surface area (Å²) < 4.78 is 0. The summed E-state index contributed by atoms with van der Waals surface area (Å²) in [7, 11) is 0. The van der Waals surface area contributed by atoms with E-state index in [1.807, 2.05) is 0 Å². The van der Waals surface area contributed by atoms with Crippen molar-refractivity contribution in [3.63, 3.8) is 0 Å². The Bertz CT molecular complexity index is 948. The fraction of sp³-hybridized carbons (Fsp3) is 0.240. The van der Waals surface area contributed by atoms with Crippen LogP contribution in [0.15, 0.2) is 76.5 Å². The minimum absolute atomic E-state index is 0.598. The third-order valence-corrected chi connectivity index (χ3v) is 6.09. The summed E-state index contributed by atoms with van der Waals surface area (Å²) in [6.45, 7) is 6.50. The van der Waals surface area contributed by atoms with E-state index in [9.17, 15) is 0 Å². The van der Waals surface area contributed by atoms with E-state index >= 15 is 0 Å². The Morgan fingerprint density at radius 3 is 2.10 bits per heavy atom. The number of rotatable bonds is 7. The lowest BCUT2D eigenvalue weighted by molar-refractivity contribution is 0.795. The number of unbranched alkanes of at least 4 members (excludes halogenated alkanes) is 1. The number of aryl methyl sites for hydroxylation is 3. The first-order valence-electron chi connectivity index (χ1n) is 10.1. The van der Waals surface area contributed by atoms with Crippen LogP contribution in [-0.4, -0.2) is 5.11 Å². The molecule has 0 heterocycles. The second-order valence-corrected chi connectivity index (χ2v) is 8.80. The van der Waals surface area contributed by atoms with Crippen LogP contribution in [0.25, 0.3) is 0 Å². The highest BCUT2D eigenvalue weighted by Gasteiger charge is 2.04. The minimum Gasteiger partial charge on any atom is -0.332 e. The van der Waals surface area contributed by atoms with Gasteiger partial charge in [-0.1, -0.05) is 49.4 Å². The Balaban J connectivity index is 1.55. The lowest BCUT2D eigenvalue weighted by Crippen LogP contribution is -2.18. The van der Waals surface area contributed by atoms with E-state index < -0.39 is 0 Å². The number of nitrogens with one attached hydrogen (secondary N) is 2. The minimum atomic E-state index is 0.598. The molecule has 29 heavy (non-hydrogen) atoms. The summed E-state index contributed by atoms with van der Waals surface area (Å²) in [6.07, 6.45) is 3.58. The Morgan fingerprint density at radius 1 is 0.862 bits per heavy atom. The van der Waals surface area contributed by atoms with Gasteiger partial charge in [0.05, 0.1) is 0 Å². The Labute approximate surface area is 184 Å². The summed E-state index contributed by atoms with van der Waals surface area (Å²) in [5.41, 5.74) is 5.94. The van der Waals surface area contributed by atoms with Crippen LogP contribution in [0, 0.1) is 13.8 Å². The Kier molecular flexibility index (Phi) is 7.73. The fourth-order valence-corrected chi connectivity index (χ4v) is 4.22. The first kappa shape index (κ1) is 21.4. The van der Waals surface area contributed by atoms with Crippen molar-refractivity contribution in [1.82, 2.24) is 0 Å². The molecule has 0 fully saturated rings. The van der Waals surface area contributed by atoms with Crippen LogP contribution >= 0.6 is 24.0 Å². The molecular formula is C25H28N2S2. The van der Waals surface area contributed by atoms with Gasteiger partial charge in [0.1, 0.15) is 0 Å². The molecule has 0 saturated carbocycles. The standard InChI is InChI=1S/C25H28N2S2/c1-4-5-6-20-9-11-21(12-10-20)26-25(28)27-22-13-15-23(16-14-22)29-24-17-18(2)7-8-19(24)3/h7-17H,4-6H2,1-3H3,(H2,26,27,28). The van der Waals surface area contributed by atoms with Gasteiger partial charge >= 0.3 is 0 Å². The maximum Gasteiger partial charge on any atom is 0.175 e. The molecule has 0 saturated heterocycles. The number of benzene rings is 3. The third kappa shape index (κ3) is 6.62. The Hall–Kier alpha value is -2.30. The molecule has 2 N–H and O–H groups in total. The largest absolute Gasteiger partial charge is 0.332 e. The van der Waals surface area contributed by atoms with Crippen molar-refractivity contribution in [3.8, 4) is 0 Å². The SMILES string of the molecule is CCCCc1ccc(NC(=S)Nc2ccc(Sc3cc(C)ccc3C)cc2)cc1. The van der Waals surface area contributed by atoms with E-state index in [2.05, 4.69) is 98.1 Å². The fourth-order valence-electron chi connectivity index (χ4n) is 2.98. The molecule has 4 heteroatoms. The molecule has 0 aliphatic carbocycles. The molecular weight excluding hydrogens is 392 g/mol. The maximum atomic E-state index is 5.46. The summed E-state index contributed by atoms with van der Waals surface area (Å²) in [5.74, 6) is 0. The van der Waals surface area contributed by atoms with Gasteiger partial charge in [-0.2, -0.15) is 0 Å². The molecule has 0 bridgehead atoms. The van der Waals surface area contributed by atoms with Gasteiger partial charge in [-0.3, -0.25) is 0 Å². The third-order valence-electron chi connectivity index (χ3n) is 4.71. The average Bonchev–Trinajstić information content (AvgIpc) is 2.71. The summed E-state index contributed by atoms with van der Waals surface area (Å²) >= 11 is 7.25. The molecule has 150 valence electrons. The monoisotopic (exact) mass is 420 g/mol. The quantitative estimate of drug-likeness (QED) is 0.384. The van der Waals surface area contributed by atoms with Gasteiger partial charge < -0.3 is 10.6 Å². The summed E-state index contributed by atoms with van der Waals surface area (Å²) in [4.78, 5) is 2.51. The van der Waals surface area contributed by atoms with Crippen LogP contribution in [0.3, 0.4) is 0 Å². The second kappa shape index (κ2) is 10.5. The normalized spacial score (nSPS) is 10.6. The molecule has 0 spiro atoms. The van der Waals surface area contributed by atoms with Gasteiger partial charge in [0.2, 0.25) is 0 Å². The molecule has 3 aromatic carbocycles. The zero-order valence-electron chi connectivity index (χ0n) is 17.3. The molecule has 0 atom stereocenters. The molecule has 3 rings (SSSR count). The van der Waals surface area contributed by atoms with E-state index in [4.69, 9.17) is 12.2 Å². The first-order chi connectivity index (χ1) is 14.0. The highest BCUT2D eigenvalue weighted by molar-refractivity contribution is 7.99. The second-order valence-electron chi connectivity index (χ2n) is 7.27. The molecule has 2 nitrogen and oxygen atoms in total. The van der Waals surface area contributed by atoms with Gasteiger partial charge in [-0.25, -0.2) is 0 Å². The molecule has 0 aliphatic rings. The molecule has 0 aromatic heterocycles. The molecule has 0 radical (unpaired) electrons. The van der Waals surface area contributed by atoms with E-state index in [1.54, 1.807) is 11.8 Å². The number of anilines is 2. The van der Waals surface area contributed by atoms with Crippen molar-refractivity contribution in [1.29, 1.82) is 0 Å². The van der Waals surface area contributed by atoms with Crippen molar-refractivity contribution in [2.24, 2.45) is 0 Å². The van der Waals surface area contributed by atoms with Crippen molar-refractivity contribution in [3.05, 3.63) is 83.4 Å². The van der Waals surface area contributed by atoms with Gasteiger partial charge in [0, 0.05) is 21.2 Å². The predicted octanol–water partition coefficient (Wildman–Crippen LogP) is 7.61. The maximum absolute atomic E-state index is 5.46.